The fourth-order valence-corrected chi connectivity index (χ4v) is 1.63. The molecule has 1 aliphatic rings. The zero-order valence-electron chi connectivity index (χ0n) is 10.6. The molecule has 0 amide bonds. The highest BCUT2D eigenvalue weighted by atomic mass is 16.1. The smallest absolute Gasteiger partial charge is 0.178 e. The van der Waals surface area contributed by atoms with Crippen molar-refractivity contribution in [3.8, 4) is 0 Å². The molecule has 0 N–H and O–H groups in total. The van der Waals surface area contributed by atoms with E-state index in [1.54, 1.807) is 12.2 Å². The quantitative estimate of drug-likeness (QED) is 0.760. The van der Waals surface area contributed by atoms with E-state index in [9.17, 15) is 4.79 Å². The number of aliphatic imine (C=N–C) groups is 1. The number of carbonyl (C=O) groups is 1. The van der Waals surface area contributed by atoms with Gasteiger partial charge in [-0.15, -0.1) is 0 Å². The molecule has 0 heterocycles. The number of ketones is 1. The molecule has 2 rings (SSSR count). The van der Waals surface area contributed by atoms with Crippen LogP contribution in [0.2, 0.25) is 0 Å². The number of carbonyl (C=O) groups excluding carboxylic acids is 1. The number of hydrogen-bond acceptors (Lipinski definition) is 3. The minimum absolute atomic E-state index is 0.0179. The van der Waals surface area contributed by atoms with Crippen molar-refractivity contribution < 1.29 is 4.79 Å². The Bertz CT molecular complexity index is 504. The highest BCUT2D eigenvalue weighted by molar-refractivity contribution is 6.16. The minimum Gasteiger partial charge on any atom is -0.378 e. The first-order chi connectivity index (χ1) is 8.65. The van der Waals surface area contributed by atoms with Gasteiger partial charge in [0.1, 0.15) is 0 Å². The lowest BCUT2D eigenvalue weighted by atomic mass is 10.1. The topological polar surface area (TPSA) is 32.7 Å². The molecular formula is C15H16N2O. The van der Waals surface area contributed by atoms with Crippen LogP contribution in [0.5, 0.6) is 0 Å². The molecule has 0 unspecified atom stereocenters. The van der Waals surface area contributed by atoms with Crippen molar-refractivity contribution in [2.24, 2.45) is 4.99 Å². The molecule has 92 valence electrons. The number of hydrogen-bond donors (Lipinski definition) is 0. The van der Waals surface area contributed by atoms with Gasteiger partial charge in [0.2, 0.25) is 0 Å². The van der Waals surface area contributed by atoms with Gasteiger partial charge in [-0.2, -0.15) is 0 Å². The summed E-state index contributed by atoms with van der Waals surface area (Å²) in [5.41, 5.74) is 3.17. The van der Waals surface area contributed by atoms with E-state index >= 15 is 0 Å². The number of anilines is 1. The largest absolute Gasteiger partial charge is 0.378 e. The van der Waals surface area contributed by atoms with Crippen LogP contribution in [-0.4, -0.2) is 25.6 Å². The van der Waals surface area contributed by atoms with E-state index in [-0.39, 0.29) is 5.78 Å². The van der Waals surface area contributed by atoms with Crippen molar-refractivity contribution in [1.29, 1.82) is 0 Å². The molecule has 0 saturated carbocycles. The van der Waals surface area contributed by atoms with Crippen LogP contribution in [0.3, 0.4) is 0 Å². The standard InChI is InChI=1S/C15H16N2O/c1-17(2)14-7-3-12(4-8-14)11-16-13-5-9-15(18)10-6-13/h3-10H,11H2,1-2H3. The maximum atomic E-state index is 11.0. The second kappa shape index (κ2) is 5.45. The molecule has 3 nitrogen and oxygen atoms in total. The molecule has 3 heteroatoms. The van der Waals surface area contributed by atoms with Gasteiger partial charge in [-0.3, -0.25) is 9.79 Å². The third-order valence-electron chi connectivity index (χ3n) is 2.73. The molecule has 1 aliphatic carbocycles. The highest BCUT2D eigenvalue weighted by Gasteiger charge is 2.00. The predicted octanol–water partition coefficient (Wildman–Crippen LogP) is 2.39. The molecule has 1 aromatic carbocycles. The van der Waals surface area contributed by atoms with Crippen LogP contribution >= 0.6 is 0 Å². The number of nitrogens with zero attached hydrogens (tertiary/aromatic N) is 2. The third-order valence-corrected chi connectivity index (χ3v) is 2.73. The first-order valence-corrected chi connectivity index (χ1v) is 5.86. The van der Waals surface area contributed by atoms with Gasteiger partial charge in [0, 0.05) is 19.8 Å². The van der Waals surface area contributed by atoms with Crippen molar-refractivity contribution in [2.75, 3.05) is 19.0 Å². The van der Waals surface area contributed by atoms with Crippen LogP contribution in [0.25, 0.3) is 0 Å². The Balaban J connectivity index is 2.02. The van der Waals surface area contributed by atoms with Crippen LogP contribution in [0.1, 0.15) is 5.56 Å². The zero-order valence-corrected chi connectivity index (χ0v) is 10.6. The number of rotatable bonds is 3. The molecule has 0 aromatic heterocycles. The van der Waals surface area contributed by atoms with Gasteiger partial charge in [0.25, 0.3) is 0 Å². The summed E-state index contributed by atoms with van der Waals surface area (Å²) in [6, 6.07) is 8.29. The van der Waals surface area contributed by atoms with Crippen LogP contribution in [0.15, 0.2) is 53.6 Å². The summed E-state index contributed by atoms with van der Waals surface area (Å²) in [6.07, 6.45) is 6.56. The summed E-state index contributed by atoms with van der Waals surface area (Å²) >= 11 is 0. The van der Waals surface area contributed by atoms with Gasteiger partial charge in [-0.1, -0.05) is 12.1 Å². The second-order valence-corrected chi connectivity index (χ2v) is 4.37. The van der Waals surface area contributed by atoms with Gasteiger partial charge in [0.05, 0.1) is 12.3 Å². The van der Waals surface area contributed by atoms with Crippen LogP contribution in [-0.2, 0) is 11.3 Å². The summed E-state index contributed by atoms with van der Waals surface area (Å²) in [4.78, 5) is 17.5. The maximum Gasteiger partial charge on any atom is 0.178 e. The Morgan fingerprint density at radius 1 is 1.00 bits per heavy atom. The van der Waals surface area contributed by atoms with E-state index in [0.717, 1.165) is 11.3 Å². The van der Waals surface area contributed by atoms with Crippen molar-refractivity contribution in [2.45, 2.75) is 6.54 Å². The predicted molar refractivity (Wildman–Crippen MR) is 75.2 cm³/mol. The molecule has 0 fully saturated rings. The molecular weight excluding hydrogens is 224 g/mol. The molecule has 0 saturated heterocycles. The monoisotopic (exact) mass is 240 g/mol. The fraction of sp³-hybridized carbons (Fsp3) is 0.200. The summed E-state index contributed by atoms with van der Waals surface area (Å²) in [5, 5.41) is 0. The molecule has 0 bridgehead atoms. The molecule has 0 radical (unpaired) electrons. The Kier molecular flexibility index (Phi) is 3.72. The minimum atomic E-state index is 0.0179. The lowest BCUT2D eigenvalue weighted by molar-refractivity contribution is -0.110. The maximum absolute atomic E-state index is 11.0. The van der Waals surface area contributed by atoms with Crippen molar-refractivity contribution in [1.82, 2.24) is 0 Å². The molecule has 0 atom stereocenters. The Labute approximate surface area is 107 Å². The average Bonchev–Trinajstić information content (AvgIpc) is 2.38. The summed E-state index contributed by atoms with van der Waals surface area (Å²) in [6.45, 7) is 0.631. The van der Waals surface area contributed by atoms with Gasteiger partial charge in [-0.05, 0) is 42.0 Å². The SMILES string of the molecule is CN(C)c1ccc(CN=C2C=CC(=O)C=C2)cc1. The molecule has 0 aliphatic heterocycles. The van der Waals surface area contributed by atoms with Crippen molar-refractivity contribution in [3.05, 3.63) is 54.1 Å². The van der Waals surface area contributed by atoms with E-state index < -0.39 is 0 Å². The van der Waals surface area contributed by atoms with E-state index in [1.807, 2.05) is 14.1 Å². The third kappa shape index (κ3) is 3.17. The normalized spacial score (nSPS) is 13.9. The number of allylic oxidation sites excluding steroid dienone is 4. The summed E-state index contributed by atoms with van der Waals surface area (Å²) < 4.78 is 0. The van der Waals surface area contributed by atoms with Crippen LogP contribution in [0.4, 0.5) is 5.69 Å². The van der Waals surface area contributed by atoms with Crippen molar-refractivity contribution >= 4 is 17.2 Å². The van der Waals surface area contributed by atoms with E-state index in [4.69, 9.17) is 0 Å². The second-order valence-electron chi connectivity index (χ2n) is 4.37. The Hall–Kier alpha value is -2.16. The molecule has 0 spiro atoms. The van der Waals surface area contributed by atoms with Gasteiger partial charge in [-0.25, -0.2) is 0 Å². The lowest BCUT2D eigenvalue weighted by Gasteiger charge is -2.12. The van der Waals surface area contributed by atoms with Crippen molar-refractivity contribution in [3.63, 3.8) is 0 Å². The summed E-state index contributed by atoms with van der Waals surface area (Å²) in [5.74, 6) is 0.0179. The molecule has 1 aromatic rings. The Morgan fingerprint density at radius 3 is 2.17 bits per heavy atom. The first-order valence-electron chi connectivity index (χ1n) is 5.86. The van der Waals surface area contributed by atoms with E-state index in [0.29, 0.717) is 6.54 Å². The van der Waals surface area contributed by atoms with E-state index in [2.05, 4.69) is 34.2 Å². The molecule has 18 heavy (non-hydrogen) atoms. The number of benzene rings is 1. The van der Waals surface area contributed by atoms with Gasteiger partial charge < -0.3 is 4.90 Å². The zero-order chi connectivity index (χ0) is 13.0. The highest BCUT2D eigenvalue weighted by Crippen LogP contribution is 2.13. The van der Waals surface area contributed by atoms with Gasteiger partial charge >= 0.3 is 0 Å². The lowest BCUT2D eigenvalue weighted by Crippen LogP contribution is -2.08. The van der Waals surface area contributed by atoms with Crippen LogP contribution in [0, 0.1) is 0 Å². The first kappa shape index (κ1) is 12.3. The van der Waals surface area contributed by atoms with Gasteiger partial charge in [0.15, 0.2) is 5.78 Å². The fourth-order valence-electron chi connectivity index (χ4n) is 1.63. The average molecular weight is 240 g/mol. The van der Waals surface area contributed by atoms with Crippen LogP contribution < -0.4 is 4.90 Å². The Morgan fingerprint density at radius 2 is 1.61 bits per heavy atom. The van der Waals surface area contributed by atoms with E-state index in [1.165, 1.54) is 17.8 Å². The summed E-state index contributed by atoms with van der Waals surface area (Å²) in [7, 11) is 4.04.